The molecule has 2 aromatic rings. The molecule has 1 aromatic heterocycles. The molecule has 0 fully saturated rings. The lowest BCUT2D eigenvalue weighted by atomic mass is 10.3. The average Bonchev–Trinajstić information content (AvgIpc) is 3.07. The van der Waals surface area contributed by atoms with Crippen LogP contribution in [-0.4, -0.2) is 44.0 Å². The molecule has 2 aliphatic heterocycles. The zero-order chi connectivity index (χ0) is 22.3. The van der Waals surface area contributed by atoms with Crippen LogP contribution in [0.4, 0.5) is 24.5 Å². The molecule has 160 valence electrons. The minimum Gasteiger partial charge on any atom is -0.406 e. The van der Waals surface area contributed by atoms with Gasteiger partial charge in [-0.3, -0.25) is 9.98 Å². The van der Waals surface area contributed by atoms with E-state index < -0.39 is 16.2 Å². The van der Waals surface area contributed by atoms with Gasteiger partial charge in [0, 0.05) is 24.2 Å². The summed E-state index contributed by atoms with van der Waals surface area (Å²) in [5.74, 6) is 0.147. The van der Waals surface area contributed by atoms with Crippen LogP contribution in [0.15, 0.2) is 75.1 Å². The summed E-state index contributed by atoms with van der Waals surface area (Å²) in [6, 6.07) is 6.49. The largest absolute Gasteiger partial charge is 0.573 e. The highest BCUT2D eigenvalue weighted by atomic mass is 32.2. The summed E-state index contributed by atoms with van der Waals surface area (Å²) < 4.78 is 64.3. The number of alkyl halides is 3. The van der Waals surface area contributed by atoms with Gasteiger partial charge in [0.25, 0.3) is 11.8 Å². The number of ether oxygens (including phenoxy) is 1. The Morgan fingerprint density at radius 1 is 1.13 bits per heavy atom. The van der Waals surface area contributed by atoms with Crippen molar-refractivity contribution < 1.29 is 26.3 Å². The molecular weight excluding hydrogens is 437 g/mol. The molecule has 0 bridgehead atoms. The van der Waals surface area contributed by atoms with Crippen LogP contribution in [0.25, 0.3) is 0 Å². The minimum absolute atomic E-state index is 0.0182. The van der Waals surface area contributed by atoms with E-state index in [9.17, 15) is 21.6 Å². The van der Waals surface area contributed by atoms with E-state index >= 15 is 0 Å². The summed E-state index contributed by atoms with van der Waals surface area (Å²) in [5, 5.41) is 7.43. The third kappa shape index (κ3) is 4.32. The van der Waals surface area contributed by atoms with Crippen LogP contribution in [0, 0.1) is 0 Å². The number of nitrogens with zero attached hydrogens (tertiary/aromatic N) is 5. The van der Waals surface area contributed by atoms with Gasteiger partial charge in [-0.15, -0.1) is 13.2 Å². The molecule has 9 nitrogen and oxygen atoms in total. The van der Waals surface area contributed by atoms with Crippen LogP contribution < -0.4 is 14.6 Å². The number of guanidine groups is 1. The Morgan fingerprint density at radius 2 is 1.87 bits per heavy atom. The quantitative estimate of drug-likeness (QED) is 0.720. The lowest BCUT2D eigenvalue weighted by Gasteiger charge is -2.23. The monoisotopic (exact) mass is 451 g/mol. The standard InChI is InChI=1S/C18H14F3N6O3S/c1-31(28,29)15-8-13(9-23-10-15)27-7-6-22-11-16(27)25-17(26-27)24-12-2-4-14(5-3-12)30-18(19,20)21/h2-11H,1H3,(H,24,26)/q+1. The van der Waals surface area contributed by atoms with Crippen LogP contribution in [0.3, 0.4) is 0 Å². The van der Waals surface area contributed by atoms with Crippen molar-refractivity contribution in [2.75, 3.05) is 11.6 Å². The maximum atomic E-state index is 12.3. The predicted molar refractivity (Wildman–Crippen MR) is 108 cm³/mol. The van der Waals surface area contributed by atoms with Gasteiger partial charge in [-0.05, 0) is 29.4 Å². The number of rotatable bonds is 4. The SMILES string of the molecule is CS(=O)(=O)c1cncc([N+]23C=CN=CC2=NC(Nc2ccc(OC(F)(F)F)cc2)=N3)c1. The molecule has 0 spiro atoms. The highest BCUT2D eigenvalue weighted by Gasteiger charge is 2.43. The van der Waals surface area contributed by atoms with E-state index in [1.54, 1.807) is 6.20 Å². The van der Waals surface area contributed by atoms with Gasteiger partial charge < -0.3 is 10.1 Å². The number of amidine groups is 1. The molecule has 31 heavy (non-hydrogen) atoms. The van der Waals surface area contributed by atoms with Crippen LogP contribution in [0.5, 0.6) is 5.75 Å². The third-order valence-electron chi connectivity index (χ3n) is 4.25. The van der Waals surface area contributed by atoms with Crippen molar-refractivity contribution in [1.29, 1.82) is 0 Å². The third-order valence-corrected chi connectivity index (χ3v) is 5.32. The fourth-order valence-corrected chi connectivity index (χ4v) is 3.46. The Balaban J connectivity index is 1.65. The highest BCUT2D eigenvalue weighted by Crippen LogP contribution is 2.32. The first kappa shape index (κ1) is 20.7. The van der Waals surface area contributed by atoms with Gasteiger partial charge in [-0.1, -0.05) is 4.59 Å². The van der Waals surface area contributed by atoms with Crippen LogP contribution in [0.2, 0.25) is 0 Å². The predicted octanol–water partition coefficient (Wildman–Crippen LogP) is 3.04. The molecule has 13 heteroatoms. The van der Waals surface area contributed by atoms with E-state index in [4.69, 9.17) is 0 Å². The van der Waals surface area contributed by atoms with Crippen LogP contribution in [0.1, 0.15) is 0 Å². The van der Waals surface area contributed by atoms with E-state index in [0.717, 1.165) is 18.4 Å². The van der Waals surface area contributed by atoms with Gasteiger partial charge in [0.2, 0.25) is 0 Å². The molecule has 0 saturated carbocycles. The number of fused-ring (bicyclic) bond motifs is 1. The zero-order valence-corrected chi connectivity index (χ0v) is 16.6. The molecular formula is C18H14F3N6O3S+. The van der Waals surface area contributed by atoms with E-state index in [1.165, 1.54) is 43.0 Å². The second kappa shape index (κ2) is 7.28. The lowest BCUT2D eigenvalue weighted by molar-refractivity contribution is -0.274. The van der Waals surface area contributed by atoms with Crippen LogP contribution in [-0.2, 0) is 9.84 Å². The van der Waals surface area contributed by atoms with Crippen molar-refractivity contribution in [2.24, 2.45) is 15.1 Å². The summed E-state index contributed by atoms with van der Waals surface area (Å²) in [6.07, 6.45) is 3.53. The Morgan fingerprint density at radius 3 is 2.55 bits per heavy atom. The van der Waals surface area contributed by atoms with Gasteiger partial charge >= 0.3 is 6.36 Å². The molecule has 1 unspecified atom stereocenters. The highest BCUT2D eigenvalue weighted by molar-refractivity contribution is 7.90. The number of quaternary nitrogens is 1. The van der Waals surface area contributed by atoms with Crippen molar-refractivity contribution in [2.45, 2.75) is 11.3 Å². The molecule has 0 radical (unpaired) electrons. The minimum atomic E-state index is -4.78. The van der Waals surface area contributed by atoms with Gasteiger partial charge in [0.15, 0.2) is 21.7 Å². The summed E-state index contributed by atoms with van der Waals surface area (Å²) >= 11 is 0. The number of hydrogen-bond donors (Lipinski definition) is 1. The van der Waals surface area contributed by atoms with E-state index in [2.05, 4.69) is 30.1 Å². The summed E-state index contributed by atoms with van der Waals surface area (Å²) in [5.41, 5.74) is 0.828. The molecule has 0 aliphatic carbocycles. The normalized spacial score (nSPS) is 20.1. The van der Waals surface area contributed by atoms with Gasteiger partial charge in [0.1, 0.15) is 12.0 Å². The smallest absolute Gasteiger partial charge is 0.406 e. The van der Waals surface area contributed by atoms with Gasteiger partial charge in [-0.2, -0.15) is 4.99 Å². The van der Waals surface area contributed by atoms with Gasteiger partial charge in [0.05, 0.1) is 17.3 Å². The van der Waals surface area contributed by atoms with Crippen molar-refractivity contribution in [3.05, 3.63) is 55.1 Å². The molecule has 1 aromatic carbocycles. The van der Waals surface area contributed by atoms with Crippen molar-refractivity contribution in [1.82, 2.24) is 9.58 Å². The Labute approximate surface area is 174 Å². The topological polar surface area (TPSA) is 105 Å². The fourth-order valence-electron chi connectivity index (χ4n) is 2.87. The van der Waals surface area contributed by atoms with Crippen molar-refractivity contribution >= 4 is 39.2 Å². The maximum Gasteiger partial charge on any atom is 0.573 e. The fraction of sp³-hybridized carbons (Fsp3) is 0.111. The lowest BCUT2D eigenvalue weighted by Crippen LogP contribution is -2.44. The number of nitrogens with one attached hydrogen (secondary N) is 1. The second-order valence-corrected chi connectivity index (χ2v) is 8.52. The van der Waals surface area contributed by atoms with E-state index in [1.807, 2.05) is 0 Å². The number of aromatic nitrogens is 1. The summed E-state index contributed by atoms with van der Waals surface area (Å²) in [7, 11) is -3.50. The van der Waals surface area contributed by atoms with E-state index in [0.29, 0.717) is 17.2 Å². The summed E-state index contributed by atoms with van der Waals surface area (Å²) in [6.45, 7) is 0. The van der Waals surface area contributed by atoms with E-state index in [-0.39, 0.29) is 21.2 Å². The number of pyridine rings is 1. The van der Waals surface area contributed by atoms with Crippen molar-refractivity contribution in [3.63, 3.8) is 0 Å². The average molecular weight is 451 g/mol. The number of sulfone groups is 1. The first-order valence-corrected chi connectivity index (χ1v) is 10.5. The van der Waals surface area contributed by atoms with Crippen LogP contribution >= 0.6 is 0 Å². The number of aliphatic imine (C=N–C) groups is 2. The molecule has 1 N–H and O–H groups in total. The number of anilines is 1. The molecule has 1 atom stereocenters. The van der Waals surface area contributed by atoms with Crippen molar-refractivity contribution in [3.8, 4) is 5.75 Å². The summed E-state index contributed by atoms with van der Waals surface area (Å²) in [4.78, 5) is 12.4. The zero-order valence-electron chi connectivity index (χ0n) is 15.8. The molecule has 0 amide bonds. The molecule has 0 saturated heterocycles. The molecule has 2 aliphatic rings. The number of benzene rings is 1. The first-order chi connectivity index (χ1) is 14.6. The Bertz CT molecular complexity index is 1250. The second-order valence-electron chi connectivity index (χ2n) is 6.50. The maximum absolute atomic E-state index is 12.3. The van der Waals surface area contributed by atoms with Gasteiger partial charge in [-0.25, -0.2) is 8.42 Å². The Hall–Kier alpha value is -3.58. The first-order valence-electron chi connectivity index (χ1n) is 8.63. The molecule has 3 heterocycles. The Kier molecular flexibility index (Phi) is 4.86. The molecule has 4 rings (SSSR count). The number of halogens is 3. The number of hydrogen-bond acceptors (Lipinski definition) is 8.